The molecule has 0 rings (SSSR count). The van der Waals surface area contributed by atoms with Gasteiger partial charge in [-0.05, 0) is 0 Å². The van der Waals surface area contributed by atoms with Crippen LogP contribution in [0, 0.1) is 22.5 Å². The van der Waals surface area contributed by atoms with Crippen molar-refractivity contribution in [3.8, 4) is 12.3 Å². The highest BCUT2D eigenvalue weighted by atomic mass is 16.6. The van der Waals surface area contributed by atoms with Gasteiger partial charge in [0, 0.05) is 4.92 Å². The summed E-state index contributed by atoms with van der Waals surface area (Å²) in [5.74, 6) is 1.51. The third-order valence-electron chi connectivity index (χ3n) is 1.28. The van der Waals surface area contributed by atoms with Gasteiger partial charge in [-0.3, -0.25) is 14.9 Å². The molecule has 0 saturated carbocycles. The molecule has 66 valence electrons. The smallest absolute Gasteiger partial charge is 0.312 e. The lowest BCUT2D eigenvalue weighted by molar-refractivity contribution is -0.520. The first kappa shape index (κ1) is 10.4. The van der Waals surface area contributed by atoms with Crippen molar-refractivity contribution in [1.82, 2.24) is 0 Å². The maximum Gasteiger partial charge on any atom is 0.312 e. The lowest BCUT2D eigenvalue weighted by Gasteiger charge is -2.03. The predicted octanol–water partition coefficient (Wildman–Crippen LogP) is 0.218. The quantitative estimate of drug-likeness (QED) is 0.262. The molecule has 12 heavy (non-hydrogen) atoms. The van der Waals surface area contributed by atoms with Crippen molar-refractivity contribution in [3.05, 3.63) is 10.1 Å². The Balaban J connectivity index is 4.06. The zero-order chi connectivity index (χ0) is 9.56. The van der Waals surface area contributed by atoms with E-state index in [-0.39, 0.29) is 12.8 Å². The normalized spacial score (nSPS) is 11.3. The summed E-state index contributed by atoms with van der Waals surface area (Å²) < 4.78 is 4.27. The van der Waals surface area contributed by atoms with Crippen molar-refractivity contribution in [2.75, 3.05) is 7.11 Å². The molecule has 0 N–H and O–H groups in total. The zero-order valence-electron chi connectivity index (χ0n) is 6.65. The van der Waals surface area contributed by atoms with Crippen LogP contribution in [-0.2, 0) is 9.53 Å². The van der Waals surface area contributed by atoms with Gasteiger partial charge in [-0.2, -0.15) is 0 Å². The van der Waals surface area contributed by atoms with Crippen molar-refractivity contribution in [1.29, 1.82) is 0 Å². The highest BCUT2D eigenvalue weighted by Gasteiger charge is 2.22. The zero-order valence-corrected chi connectivity index (χ0v) is 6.65. The van der Waals surface area contributed by atoms with Gasteiger partial charge in [-0.1, -0.05) is 5.92 Å². The largest absolute Gasteiger partial charge is 0.469 e. The van der Waals surface area contributed by atoms with E-state index in [0.717, 1.165) is 0 Å². The Hall–Kier alpha value is -1.57. The minimum Gasteiger partial charge on any atom is -0.469 e. The average Bonchev–Trinajstić information content (AvgIpc) is 2.03. The van der Waals surface area contributed by atoms with Crippen LogP contribution in [0.2, 0.25) is 0 Å². The molecular formula is C7H9NO4. The van der Waals surface area contributed by atoms with Gasteiger partial charge in [0.15, 0.2) is 0 Å². The van der Waals surface area contributed by atoms with Gasteiger partial charge in [-0.15, -0.1) is 6.42 Å². The summed E-state index contributed by atoms with van der Waals surface area (Å²) in [6.45, 7) is 0. The lowest BCUT2D eigenvalue weighted by atomic mass is 10.1. The van der Waals surface area contributed by atoms with E-state index in [9.17, 15) is 14.9 Å². The second kappa shape index (κ2) is 5.13. The number of esters is 1. The Labute approximate surface area is 69.9 Å². The number of rotatable bonds is 4. The van der Waals surface area contributed by atoms with E-state index in [2.05, 4.69) is 10.7 Å². The molecule has 0 aromatic rings. The van der Waals surface area contributed by atoms with Gasteiger partial charge < -0.3 is 4.74 Å². The Morgan fingerprint density at radius 3 is 2.75 bits per heavy atom. The topological polar surface area (TPSA) is 69.4 Å². The molecule has 0 heterocycles. The number of nitrogens with zero attached hydrogens (tertiary/aromatic N) is 1. The number of hydrogen-bond donors (Lipinski definition) is 0. The SMILES string of the molecule is C#CCC(CC(=O)OC)[N+](=O)[O-]. The van der Waals surface area contributed by atoms with E-state index in [1.807, 2.05) is 0 Å². The Bertz CT molecular complexity index is 218. The number of methoxy groups -OCH3 is 1. The van der Waals surface area contributed by atoms with E-state index in [1.54, 1.807) is 0 Å². The molecule has 0 radical (unpaired) electrons. The minimum atomic E-state index is -1.03. The van der Waals surface area contributed by atoms with Crippen molar-refractivity contribution < 1.29 is 14.5 Å². The van der Waals surface area contributed by atoms with Gasteiger partial charge in [0.25, 0.3) is 0 Å². The fourth-order valence-electron chi connectivity index (χ4n) is 0.633. The molecule has 1 atom stereocenters. The summed E-state index contributed by atoms with van der Waals surface area (Å²) in [7, 11) is 1.18. The maximum atomic E-state index is 10.6. The van der Waals surface area contributed by atoms with Gasteiger partial charge >= 0.3 is 5.97 Å². The van der Waals surface area contributed by atoms with Crippen LogP contribution in [0.1, 0.15) is 12.8 Å². The second-order valence-electron chi connectivity index (χ2n) is 2.13. The van der Waals surface area contributed by atoms with E-state index in [4.69, 9.17) is 6.42 Å². The molecule has 0 spiro atoms. The fourth-order valence-corrected chi connectivity index (χ4v) is 0.633. The number of terminal acetylenes is 1. The lowest BCUT2D eigenvalue weighted by Crippen LogP contribution is -2.23. The Morgan fingerprint density at radius 2 is 2.42 bits per heavy atom. The molecule has 0 aliphatic heterocycles. The number of hydrogen-bond acceptors (Lipinski definition) is 4. The highest BCUT2D eigenvalue weighted by molar-refractivity contribution is 5.69. The molecule has 5 heteroatoms. The third kappa shape index (κ3) is 3.56. The van der Waals surface area contributed by atoms with Gasteiger partial charge in [0.05, 0.1) is 13.5 Å². The van der Waals surface area contributed by atoms with Crippen molar-refractivity contribution in [3.63, 3.8) is 0 Å². The monoisotopic (exact) mass is 171 g/mol. The first-order valence-electron chi connectivity index (χ1n) is 3.25. The Kier molecular flexibility index (Phi) is 4.46. The summed E-state index contributed by atoms with van der Waals surface area (Å²) in [6, 6.07) is -1.03. The average molecular weight is 171 g/mol. The Morgan fingerprint density at radius 1 is 1.83 bits per heavy atom. The molecule has 0 amide bonds. The van der Waals surface area contributed by atoms with Gasteiger partial charge in [0.2, 0.25) is 6.04 Å². The van der Waals surface area contributed by atoms with Gasteiger partial charge in [0.1, 0.15) is 6.42 Å². The minimum absolute atomic E-state index is 0.0535. The molecule has 0 saturated heterocycles. The number of carbonyl (C=O) groups is 1. The number of carbonyl (C=O) groups excluding carboxylic acids is 1. The standard InChI is InChI=1S/C7H9NO4/c1-3-4-6(8(10)11)5-7(9)12-2/h1,6H,4-5H2,2H3. The van der Waals surface area contributed by atoms with Crippen molar-refractivity contribution >= 4 is 5.97 Å². The second-order valence-corrected chi connectivity index (χ2v) is 2.13. The maximum absolute atomic E-state index is 10.6. The van der Waals surface area contributed by atoms with E-state index in [0.29, 0.717) is 0 Å². The van der Waals surface area contributed by atoms with Crippen LogP contribution in [0.3, 0.4) is 0 Å². The molecular weight excluding hydrogens is 162 g/mol. The molecule has 0 bridgehead atoms. The van der Waals surface area contributed by atoms with Crippen LogP contribution in [0.5, 0.6) is 0 Å². The van der Waals surface area contributed by atoms with Crippen LogP contribution in [-0.4, -0.2) is 24.0 Å². The molecule has 0 fully saturated rings. The molecule has 0 aromatic carbocycles. The van der Waals surface area contributed by atoms with E-state index in [1.165, 1.54) is 7.11 Å². The summed E-state index contributed by atoms with van der Waals surface area (Å²) >= 11 is 0. The summed E-state index contributed by atoms with van der Waals surface area (Å²) in [5, 5.41) is 10.2. The van der Waals surface area contributed by atoms with Gasteiger partial charge in [-0.25, -0.2) is 0 Å². The highest BCUT2D eigenvalue weighted by Crippen LogP contribution is 2.02. The van der Waals surface area contributed by atoms with Crippen LogP contribution >= 0.6 is 0 Å². The molecule has 1 unspecified atom stereocenters. The summed E-state index contributed by atoms with van der Waals surface area (Å²) in [5.41, 5.74) is 0. The molecule has 0 aliphatic rings. The van der Waals surface area contributed by atoms with Crippen LogP contribution in [0.15, 0.2) is 0 Å². The number of ether oxygens (including phenoxy) is 1. The third-order valence-corrected chi connectivity index (χ3v) is 1.28. The first-order valence-corrected chi connectivity index (χ1v) is 3.25. The number of nitro groups is 1. The van der Waals surface area contributed by atoms with Crippen LogP contribution in [0.25, 0.3) is 0 Å². The molecule has 5 nitrogen and oxygen atoms in total. The van der Waals surface area contributed by atoms with E-state index >= 15 is 0 Å². The van der Waals surface area contributed by atoms with Crippen LogP contribution in [0.4, 0.5) is 0 Å². The van der Waals surface area contributed by atoms with E-state index < -0.39 is 16.9 Å². The first-order chi connectivity index (χ1) is 5.61. The summed E-state index contributed by atoms with van der Waals surface area (Å²) in [6.07, 6.45) is 4.55. The summed E-state index contributed by atoms with van der Waals surface area (Å²) in [4.78, 5) is 20.3. The fraction of sp³-hybridized carbons (Fsp3) is 0.571. The van der Waals surface area contributed by atoms with Crippen molar-refractivity contribution in [2.45, 2.75) is 18.9 Å². The van der Waals surface area contributed by atoms with Crippen LogP contribution < -0.4 is 0 Å². The predicted molar refractivity (Wildman–Crippen MR) is 40.9 cm³/mol. The molecule has 0 aliphatic carbocycles. The van der Waals surface area contributed by atoms with Crippen molar-refractivity contribution in [2.24, 2.45) is 0 Å². The molecule has 0 aromatic heterocycles.